The summed E-state index contributed by atoms with van der Waals surface area (Å²) in [7, 11) is 3.09. The largest absolute Gasteiger partial charge is 0.497 e. The number of hydrogen-bond acceptors (Lipinski definition) is 8. The summed E-state index contributed by atoms with van der Waals surface area (Å²) in [6.45, 7) is 4.76. The van der Waals surface area contributed by atoms with E-state index in [2.05, 4.69) is 10.6 Å². The Morgan fingerprint density at radius 1 is 0.806 bits per heavy atom. The maximum Gasteiger partial charge on any atom is 0.264 e. The van der Waals surface area contributed by atoms with Gasteiger partial charge >= 0.3 is 0 Å². The molecule has 4 atom stereocenters. The maximum absolute atomic E-state index is 16.6. The number of methoxy groups -OCH3 is 2. The first-order valence-corrected chi connectivity index (χ1v) is 20.5. The second kappa shape index (κ2) is 18.2. The molecular weight excluding hydrogens is 792 g/mol. The highest BCUT2D eigenvalue weighted by Crippen LogP contribution is 2.59. The van der Waals surface area contributed by atoms with Crippen LogP contribution in [-0.4, -0.2) is 72.8 Å². The Labute approximate surface area is 360 Å². The molecule has 0 radical (unpaired) electrons. The number of anilines is 3. The van der Waals surface area contributed by atoms with Gasteiger partial charge in [-0.1, -0.05) is 49.4 Å². The van der Waals surface area contributed by atoms with Crippen molar-refractivity contribution in [2.45, 2.75) is 57.7 Å². The van der Waals surface area contributed by atoms with Gasteiger partial charge in [-0.15, -0.1) is 0 Å². The zero-order valence-corrected chi connectivity index (χ0v) is 35.4. The SMILES string of the molecule is COc1ccc(C(=O)Nc2ccc(CN3C(=O)[C@@]4(O[C@@H](CC(=O)N(CCO)Cc5ccccc5)[C@H](C(C)(C)F)[C@H]4C)c4cc(NC(=O)c5ccc(OC)cc5)ccc43)cc2)cc1. The van der Waals surface area contributed by atoms with E-state index in [0.717, 1.165) is 11.1 Å². The Kier molecular flexibility index (Phi) is 12.8. The molecule has 0 aromatic heterocycles. The summed E-state index contributed by atoms with van der Waals surface area (Å²) in [5.74, 6) is -1.94. The van der Waals surface area contributed by atoms with Crippen molar-refractivity contribution >= 4 is 40.7 Å². The number of carbonyl (C=O) groups excluding carboxylic acids is 4. The second-order valence-corrected chi connectivity index (χ2v) is 16.2. The van der Waals surface area contributed by atoms with Crippen molar-refractivity contribution < 1.29 is 42.9 Å². The lowest BCUT2D eigenvalue weighted by Gasteiger charge is -2.32. The third kappa shape index (κ3) is 8.90. The molecule has 3 N–H and O–H groups in total. The van der Waals surface area contributed by atoms with Crippen LogP contribution in [0.2, 0.25) is 0 Å². The van der Waals surface area contributed by atoms with Gasteiger partial charge in [-0.25, -0.2) is 4.39 Å². The number of rotatable bonds is 15. The molecule has 0 bridgehead atoms. The van der Waals surface area contributed by atoms with Crippen LogP contribution in [0, 0.1) is 11.8 Å². The number of amides is 4. The van der Waals surface area contributed by atoms with Gasteiger partial charge in [-0.05, 0) is 104 Å². The molecule has 62 heavy (non-hydrogen) atoms. The molecule has 2 aliphatic heterocycles. The Morgan fingerprint density at radius 2 is 1.37 bits per heavy atom. The average Bonchev–Trinajstić information content (AvgIpc) is 3.69. The summed E-state index contributed by atoms with van der Waals surface area (Å²) in [6, 6.07) is 35.0. The minimum atomic E-state index is -1.89. The van der Waals surface area contributed by atoms with Gasteiger partial charge in [0.2, 0.25) is 5.91 Å². The Bertz CT molecular complexity index is 2400. The van der Waals surface area contributed by atoms with E-state index in [1.54, 1.807) is 110 Å². The first kappa shape index (κ1) is 43.5. The first-order chi connectivity index (χ1) is 29.7. The highest BCUT2D eigenvalue weighted by molar-refractivity contribution is 6.09. The van der Waals surface area contributed by atoms with E-state index >= 15 is 9.18 Å². The number of halogens is 1. The number of nitrogens with one attached hydrogen (secondary N) is 2. The van der Waals surface area contributed by atoms with Crippen LogP contribution in [0.1, 0.15) is 64.6 Å². The van der Waals surface area contributed by atoms with E-state index in [-0.39, 0.29) is 44.5 Å². The van der Waals surface area contributed by atoms with Crippen molar-refractivity contribution in [2.24, 2.45) is 11.8 Å². The first-order valence-electron chi connectivity index (χ1n) is 20.5. The summed E-state index contributed by atoms with van der Waals surface area (Å²) in [6.07, 6.45) is -1.27. The molecule has 0 aliphatic carbocycles. The van der Waals surface area contributed by atoms with Crippen molar-refractivity contribution in [3.8, 4) is 11.5 Å². The van der Waals surface area contributed by atoms with Gasteiger partial charge in [-0.3, -0.25) is 19.2 Å². The van der Waals surface area contributed by atoms with Crippen LogP contribution in [0.5, 0.6) is 11.5 Å². The number of hydrogen-bond donors (Lipinski definition) is 3. The maximum atomic E-state index is 16.6. The second-order valence-electron chi connectivity index (χ2n) is 16.2. The molecule has 13 heteroatoms. The van der Waals surface area contributed by atoms with Crippen LogP contribution in [0.25, 0.3) is 0 Å². The fourth-order valence-corrected chi connectivity index (χ4v) is 8.77. The van der Waals surface area contributed by atoms with Crippen molar-refractivity contribution in [3.05, 3.63) is 149 Å². The molecular formula is C49H51FN4O8. The number of alkyl halides is 1. The molecule has 0 saturated carbocycles. The predicted molar refractivity (Wildman–Crippen MR) is 234 cm³/mol. The van der Waals surface area contributed by atoms with Crippen LogP contribution < -0.4 is 25.0 Å². The number of ether oxygens (including phenoxy) is 3. The highest BCUT2D eigenvalue weighted by atomic mass is 19.1. The molecule has 7 rings (SSSR count). The van der Waals surface area contributed by atoms with E-state index in [0.29, 0.717) is 45.3 Å². The van der Waals surface area contributed by atoms with Gasteiger partial charge in [-0.2, -0.15) is 0 Å². The molecule has 5 aromatic carbocycles. The number of nitrogens with zero attached hydrogens (tertiary/aromatic N) is 2. The molecule has 1 spiro atoms. The zero-order valence-electron chi connectivity index (χ0n) is 35.4. The standard InChI is InChI=1S/C49H51FN4O8/c1-31-44(48(2,3)50)42(28-43(56)53(25-26-55)29-32-9-7-6-8-10-32)62-49(31)40-27-37(52-46(58)35-15-22-39(61-5)23-16-35)19-24-41(40)54(47(49)59)30-33-11-17-36(18-12-33)51-45(57)34-13-20-38(60-4)21-14-34/h6-24,27,31,42,44,55H,25-26,28-30H2,1-5H3,(H,51,57)(H,52,58)/t31-,42+,44-,49+/m1/s1. The van der Waals surface area contributed by atoms with E-state index in [4.69, 9.17) is 14.2 Å². The van der Waals surface area contributed by atoms with E-state index < -0.39 is 41.0 Å². The molecule has 12 nitrogen and oxygen atoms in total. The van der Waals surface area contributed by atoms with Gasteiger partial charge < -0.3 is 39.8 Å². The minimum Gasteiger partial charge on any atom is -0.497 e. The molecule has 1 fully saturated rings. The summed E-state index contributed by atoms with van der Waals surface area (Å²) in [4.78, 5) is 58.8. The van der Waals surface area contributed by atoms with Gasteiger partial charge in [0.25, 0.3) is 17.7 Å². The number of fused-ring (bicyclic) bond motifs is 2. The molecule has 0 unspecified atom stereocenters. The molecule has 2 heterocycles. The third-order valence-corrected chi connectivity index (χ3v) is 11.8. The smallest absolute Gasteiger partial charge is 0.264 e. The van der Waals surface area contributed by atoms with Crippen LogP contribution in [0.3, 0.4) is 0 Å². The monoisotopic (exact) mass is 842 g/mol. The van der Waals surface area contributed by atoms with Gasteiger partial charge in [0.05, 0.1) is 45.6 Å². The fraction of sp³-hybridized carbons (Fsp3) is 0.306. The fourth-order valence-electron chi connectivity index (χ4n) is 8.77. The van der Waals surface area contributed by atoms with Gasteiger partial charge in [0.1, 0.15) is 17.2 Å². The Morgan fingerprint density at radius 3 is 1.92 bits per heavy atom. The molecule has 4 amide bonds. The van der Waals surface area contributed by atoms with Crippen LogP contribution >= 0.6 is 0 Å². The topological polar surface area (TPSA) is 147 Å². The van der Waals surface area contributed by atoms with E-state index in [9.17, 15) is 19.5 Å². The van der Waals surface area contributed by atoms with Gasteiger partial charge in [0, 0.05) is 53.0 Å². The van der Waals surface area contributed by atoms with E-state index in [1.165, 1.54) is 25.9 Å². The third-order valence-electron chi connectivity index (χ3n) is 11.8. The average molecular weight is 843 g/mol. The number of carbonyl (C=O) groups is 4. The van der Waals surface area contributed by atoms with Gasteiger partial charge in [0.15, 0.2) is 5.60 Å². The Hall–Kier alpha value is -6.57. The number of aliphatic hydroxyl groups is 1. The van der Waals surface area contributed by atoms with Crippen LogP contribution in [0.4, 0.5) is 21.5 Å². The minimum absolute atomic E-state index is 0.0571. The normalized spacial score (nSPS) is 19.2. The van der Waals surface area contributed by atoms with Crippen molar-refractivity contribution in [1.82, 2.24) is 4.90 Å². The lowest BCUT2D eigenvalue weighted by molar-refractivity contribution is -0.150. The number of aliphatic hydroxyl groups excluding tert-OH is 1. The Balaban J connectivity index is 1.21. The lowest BCUT2D eigenvalue weighted by Crippen LogP contribution is -2.45. The summed E-state index contributed by atoms with van der Waals surface area (Å²) < 4.78 is 33.9. The summed E-state index contributed by atoms with van der Waals surface area (Å²) >= 11 is 0. The van der Waals surface area contributed by atoms with Crippen LogP contribution in [0.15, 0.2) is 121 Å². The summed E-state index contributed by atoms with van der Waals surface area (Å²) in [5, 5.41) is 15.7. The highest BCUT2D eigenvalue weighted by Gasteiger charge is 2.66. The molecule has 5 aromatic rings. The summed E-state index contributed by atoms with van der Waals surface area (Å²) in [5.41, 5.74) is 0.692. The molecule has 1 saturated heterocycles. The molecule has 2 aliphatic rings. The van der Waals surface area contributed by atoms with Crippen LogP contribution in [-0.2, 0) is 33.0 Å². The number of benzene rings is 5. The van der Waals surface area contributed by atoms with Crippen molar-refractivity contribution in [3.63, 3.8) is 0 Å². The van der Waals surface area contributed by atoms with E-state index in [1.807, 2.05) is 30.3 Å². The quantitative estimate of drug-likeness (QED) is 0.0970. The predicted octanol–water partition coefficient (Wildman–Crippen LogP) is 7.76. The zero-order chi connectivity index (χ0) is 44.2. The van der Waals surface area contributed by atoms with Crippen molar-refractivity contribution in [1.29, 1.82) is 0 Å². The lowest BCUT2D eigenvalue weighted by atomic mass is 9.71. The van der Waals surface area contributed by atoms with Crippen molar-refractivity contribution in [2.75, 3.05) is 42.9 Å². The molecule has 322 valence electrons.